The highest BCUT2D eigenvalue weighted by Gasteiger charge is 2.18. The second kappa shape index (κ2) is 8.29. The van der Waals surface area contributed by atoms with Crippen LogP contribution in [0.4, 0.5) is 0 Å². The number of nitrogens with zero attached hydrogens (tertiary/aromatic N) is 1. The van der Waals surface area contributed by atoms with Crippen LogP contribution in [-0.4, -0.2) is 44.6 Å². The van der Waals surface area contributed by atoms with Gasteiger partial charge < -0.3 is 4.90 Å². The van der Waals surface area contributed by atoms with Crippen LogP contribution < -0.4 is 4.72 Å². The van der Waals surface area contributed by atoms with E-state index >= 15 is 0 Å². The van der Waals surface area contributed by atoms with Crippen molar-refractivity contribution in [3.05, 3.63) is 35.9 Å². The first-order chi connectivity index (χ1) is 10.6. The molecule has 1 fully saturated rings. The molecule has 0 aromatic heterocycles. The van der Waals surface area contributed by atoms with Crippen molar-refractivity contribution in [3.63, 3.8) is 0 Å². The summed E-state index contributed by atoms with van der Waals surface area (Å²) in [6.45, 7) is 1.35. The van der Waals surface area contributed by atoms with Crippen molar-refractivity contribution < 1.29 is 13.2 Å². The molecule has 1 aromatic rings. The summed E-state index contributed by atoms with van der Waals surface area (Å²) in [7, 11) is -3.42. The fraction of sp³-hybridized carbons (Fsp3) is 0.562. The first-order valence-electron chi connectivity index (χ1n) is 7.86. The lowest BCUT2D eigenvalue weighted by Gasteiger charge is -2.20. The molecule has 0 saturated carbocycles. The average Bonchev–Trinajstić information content (AvgIpc) is 2.81. The van der Waals surface area contributed by atoms with Crippen LogP contribution in [0.15, 0.2) is 30.3 Å². The molecule has 122 valence electrons. The van der Waals surface area contributed by atoms with E-state index in [1.54, 1.807) is 4.90 Å². The van der Waals surface area contributed by atoms with Gasteiger partial charge in [-0.2, -0.15) is 0 Å². The van der Waals surface area contributed by atoms with Gasteiger partial charge in [-0.15, -0.1) is 0 Å². The molecule has 1 aliphatic heterocycles. The van der Waals surface area contributed by atoms with E-state index in [0.717, 1.165) is 44.3 Å². The van der Waals surface area contributed by atoms with Crippen molar-refractivity contribution in [2.24, 2.45) is 0 Å². The molecule has 0 unspecified atom stereocenters. The molecule has 22 heavy (non-hydrogen) atoms. The summed E-state index contributed by atoms with van der Waals surface area (Å²) in [5.41, 5.74) is 0.978. The molecule has 0 atom stereocenters. The summed E-state index contributed by atoms with van der Waals surface area (Å²) in [5, 5.41) is 0. The van der Waals surface area contributed by atoms with Gasteiger partial charge in [0, 0.05) is 13.1 Å². The molecule has 5 nitrogen and oxygen atoms in total. The maximum Gasteiger partial charge on any atom is 0.237 e. The third kappa shape index (κ3) is 5.77. The number of hydrogen-bond donors (Lipinski definition) is 1. The van der Waals surface area contributed by atoms with Crippen LogP contribution in [0.3, 0.4) is 0 Å². The zero-order valence-electron chi connectivity index (χ0n) is 12.8. The Morgan fingerprint density at radius 1 is 1.05 bits per heavy atom. The Morgan fingerprint density at radius 3 is 2.32 bits per heavy atom. The average molecular weight is 324 g/mol. The number of sulfonamides is 1. The number of rotatable bonds is 6. The maximum atomic E-state index is 12.1. The third-order valence-electron chi connectivity index (χ3n) is 3.90. The monoisotopic (exact) mass is 324 g/mol. The highest BCUT2D eigenvalue weighted by molar-refractivity contribution is 7.89. The lowest BCUT2D eigenvalue weighted by molar-refractivity contribution is -0.129. The van der Waals surface area contributed by atoms with Crippen molar-refractivity contribution in [1.29, 1.82) is 0 Å². The van der Waals surface area contributed by atoms with E-state index in [4.69, 9.17) is 0 Å². The van der Waals surface area contributed by atoms with Crippen molar-refractivity contribution in [3.8, 4) is 0 Å². The first kappa shape index (κ1) is 17.0. The molecular weight excluding hydrogens is 300 g/mol. The van der Waals surface area contributed by atoms with Crippen molar-refractivity contribution in [2.45, 2.75) is 32.1 Å². The van der Waals surface area contributed by atoms with Crippen LogP contribution in [0.25, 0.3) is 0 Å². The van der Waals surface area contributed by atoms with Gasteiger partial charge in [0.2, 0.25) is 15.9 Å². The molecule has 0 radical (unpaired) electrons. The molecule has 1 N–H and O–H groups in total. The zero-order valence-corrected chi connectivity index (χ0v) is 13.6. The Hall–Kier alpha value is -1.40. The number of amides is 1. The van der Waals surface area contributed by atoms with E-state index in [1.807, 2.05) is 30.3 Å². The van der Waals surface area contributed by atoms with Crippen molar-refractivity contribution >= 4 is 15.9 Å². The van der Waals surface area contributed by atoms with Gasteiger partial charge in [-0.1, -0.05) is 43.2 Å². The standard InChI is InChI=1S/C16H24N2O3S/c19-16(18-11-6-1-2-7-12-18)14-17-22(20,21)13-10-15-8-4-3-5-9-15/h3-5,8-9,17H,1-2,6-7,10-14H2. The summed E-state index contributed by atoms with van der Waals surface area (Å²) >= 11 is 0. The Kier molecular flexibility index (Phi) is 6.39. The Bertz CT molecular complexity index is 564. The number of benzene rings is 1. The van der Waals surface area contributed by atoms with E-state index in [2.05, 4.69) is 4.72 Å². The molecule has 1 aromatic carbocycles. The third-order valence-corrected chi connectivity index (χ3v) is 5.23. The van der Waals surface area contributed by atoms with Gasteiger partial charge >= 0.3 is 0 Å². The normalized spacial score (nSPS) is 16.3. The molecule has 1 aliphatic rings. The van der Waals surface area contributed by atoms with Crippen molar-refractivity contribution in [1.82, 2.24) is 9.62 Å². The van der Waals surface area contributed by atoms with Crippen LogP contribution in [0, 0.1) is 0 Å². The Balaban J connectivity index is 1.77. The minimum Gasteiger partial charge on any atom is -0.342 e. The second-order valence-corrected chi connectivity index (χ2v) is 7.60. The van der Waals surface area contributed by atoms with Gasteiger partial charge in [-0.25, -0.2) is 13.1 Å². The minimum absolute atomic E-state index is 0.00426. The van der Waals surface area contributed by atoms with Crippen LogP contribution in [0.5, 0.6) is 0 Å². The number of hydrogen-bond acceptors (Lipinski definition) is 3. The molecule has 0 aliphatic carbocycles. The fourth-order valence-corrected chi connectivity index (χ4v) is 3.56. The van der Waals surface area contributed by atoms with E-state index < -0.39 is 10.0 Å². The fourth-order valence-electron chi connectivity index (χ4n) is 2.57. The quantitative estimate of drug-likeness (QED) is 0.863. The molecule has 1 heterocycles. The van der Waals surface area contributed by atoms with E-state index in [9.17, 15) is 13.2 Å². The van der Waals surface area contributed by atoms with Gasteiger partial charge in [-0.3, -0.25) is 4.79 Å². The maximum absolute atomic E-state index is 12.1. The number of likely N-dealkylation sites (tertiary alicyclic amines) is 1. The molecule has 6 heteroatoms. The number of carbonyl (C=O) groups is 1. The summed E-state index contributed by atoms with van der Waals surface area (Å²) in [4.78, 5) is 13.8. The molecule has 2 rings (SSSR count). The van der Waals surface area contributed by atoms with Crippen LogP contribution in [0.2, 0.25) is 0 Å². The summed E-state index contributed by atoms with van der Waals surface area (Å²) < 4.78 is 26.4. The van der Waals surface area contributed by atoms with Gasteiger partial charge in [-0.05, 0) is 24.8 Å². The van der Waals surface area contributed by atoms with E-state index in [-0.39, 0.29) is 18.2 Å². The van der Waals surface area contributed by atoms with Gasteiger partial charge in [0.05, 0.1) is 12.3 Å². The first-order valence-corrected chi connectivity index (χ1v) is 9.51. The van der Waals surface area contributed by atoms with E-state index in [0.29, 0.717) is 6.42 Å². The van der Waals surface area contributed by atoms with Gasteiger partial charge in [0.25, 0.3) is 0 Å². The Labute approximate surface area is 132 Å². The molecular formula is C16H24N2O3S. The largest absolute Gasteiger partial charge is 0.342 e. The summed E-state index contributed by atoms with van der Waals surface area (Å²) in [6.07, 6.45) is 4.76. The zero-order chi connectivity index (χ0) is 15.8. The molecule has 1 amide bonds. The topological polar surface area (TPSA) is 66.5 Å². The summed E-state index contributed by atoms with van der Waals surface area (Å²) in [5.74, 6) is -0.116. The number of carbonyl (C=O) groups excluding carboxylic acids is 1. The van der Waals surface area contributed by atoms with Gasteiger partial charge in [0.15, 0.2) is 0 Å². The van der Waals surface area contributed by atoms with Crippen LogP contribution >= 0.6 is 0 Å². The molecule has 1 saturated heterocycles. The minimum atomic E-state index is -3.42. The van der Waals surface area contributed by atoms with Crippen LogP contribution in [0.1, 0.15) is 31.2 Å². The molecule has 0 spiro atoms. The number of nitrogens with one attached hydrogen (secondary N) is 1. The van der Waals surface area contributed by atoms with Gasteiger partial charge in [0.1, 0.15) is 0 Å². The smallest absolute Gasteiger partial charge is 0.237 e. The highest BCUT2D eigenvalue weighted by atomic mass is 32.2. The highest BCUT2D eigenvalue weighted by Crippen LogP contribution is 2.09. The molecule has 0 bridgehead atoms. The predicted molar refractivity (Wildman–Crippen MR) is 87.0 cm³/mol. The van der Waals surface area contributed by atoms with Crippen LogP contribution in [-0.2, 0) is 21.2 Å². The Morgan fingerprint density at radius 2 is 1.68 bits per heavy atom. The lowest BCUT2D eigenvalue weighted by Crippen LogP contribution is -2.41. The predicted octanol–water partition coefficient (Wildman–Crippen LogP) is 1.55. The SMILES string of the molecule is O=C(CNS(=O)(=O)CCc1ccccc1)N1CCCCCC1. The van der Waals surface area contributed by atoms with Crippen molar-refractivity contribution in [2.75, 3.05) is 25.4 Å². The lowest BCUT2D eigenvalue weighted by atomic mass is 10.2. The number of aryl methyl sites for hydroxylation is 1. The van der Waals surface area contributed by atoms with E-state index in [1.165, 1.54) is 0 Å². The summed E-state index contributed by atoms with van der Waals surface area (Å²) in [6, 6.07) is 9.47. The second-order valence-electron chi connectivity index (χ2n) is 5.67.